The summed E-state index contributed by atoms with van der Waals surface area (Å²) in [7, 11) is -3.53. The number of piperidine rings is 1. The van der Waals surface area contributed by atoms with Gasteiger partial charge in [0, 0.05) is 31.2 Å². The zero-order valence-electron chi connectivity index (χ0n) is 19.2. The number of nitrogens with zero attached hydrogens (tertiary/aromatic N) is 5. The van der Waals surface area contributed by atoms with Gasteiger partial charge in [-0.1, -0.05) is 12.1 Å². The van der Waals surface area contributed by atoms with Crippen molar-refractivity contribution in [1.29, 1.82) is 0 Å². The Morgan fingerprint density at radius 3 is 2.43 bits per heavy atom. The van der Waals surface area contributed by atoms with E-state index in [1.54, 1.807) is 11.0 Å². The van der Waals surface area contributed by atoms with Crippen LogP contribution in [0.2, 0.25) is 0 Å². The van der Waals surface area contributed by atoms with E-state index in [9.17, 15) is 21.6 Å². The fourth-order valence-electron chi connectivity index (χ4n) is 5.40. The van der Waals surface area contributed by atoms with Crippen molar-refractivity contribution in [1.82, 2.24) is 15.0 Å². The molecular weight excluding hydrogens is 499 g/mol. The third-order valence-corrected chi connectivity index (χ3v) is 10.9. The van der Waals surface area contributed by atoms with E-state index in [0.29, 0.717) is 31.0 Å². The quantitative estimate of drug-likeness (QED) is 0.497. The summed E-state index contributed by atoms with van der Waals surface area (Å²) in [5.74, 6) is 0.669. The van der Waals surface area contributed by atoms with E-state index >= 15 is 0 Å². The van der Waals surface area contributed by atoms with E-state index in [2.05, 4.69) is 15.0 Å². The summed E-state index contributed by atoms with van der Waals surface area (Å²) < 4.78 is 68.3. The molecule has 186 valence electrons. The SMILES string of the molecule is Cc1c(N2C[C@@H]3C(CS(=O)(=O)c4nc5ccccc5s4)[C@@H]3C2)nc(N2CCC2C)nc1C(F)(F)F. The average molecular weight is 524 g/mol. The van der Waals surface area contributed by atoms with Crippen molar-refractivity contribution in [3.63, 3.8) is 0 Å². The fourth-order valence-corrected chi connectivity index (χ4v) is 8.46. The second kappa shape index (κ2) is 7.76. The lowest BCUT2D eigenvalue weighted by molar-refractivity contribution is -0.141. The number of aromatic nitrogens is 3. The number of anilines is 2. The molecule has 4 atom stereocenters. The summed E-state index contributed by atoms with van der Waals surface area (Å²) in [6, 6.07) is 7.43. The van der Waals surface area contributed by atoms with Gasteiger partial charge in [0.05, 0.1) is 16.0 Å². The van der Waals surface area contributed by atoms with Crippen LogP contribution in [0.5, 0.6) is 0 Å². The zero-order valence-corrected chi connectivity index (χ0v) is 20.8. The minimum absolute atomic E-state index is 0.0117. The van der Waals surface area contributed by atoms with Gasteiger partial charge in [-0.2, -0.15) is 18.2 Å². The molecule has 3 fully saturated rings. The molecule has 4 heterocycles. The van der Waals surface area contributed by atoms with Crippen LogP contribution in [0.3, 0.4) is 0 Å². The topological polar surface area (TPSA) is 79.3 Å². The van der Waals surface area contributed by atoms with Gasteiger partial charge in [-0.15, -0.1) is 11.3 Å². The van der Waals surface area contributed by atoms with E-state index in [0.717, 1.165) is 11.1 Å². The molecular formula is C23H24F3N5O2S2. The predicted octanol–water partition coefficient (Wildman–Crippen LogP) is 4.17. The van der Waals surface area contributed by atoms with E-state index in [1.165, 1.54) is 18.3 Å². The van der Waals surface area contributed by atoms with Crippen molar-refractivity contribution in [3.05, 3.63) is 35.5 Å². The molecule has 0 amide bonds. The summed E-state index contributed by atoms with van der Waals surface area (Å²) in [6.07, 6.45) is -3.67. The van der Waals surface area contributed by atoms with Crippen molar-refractivity contribution in [2.24, 2.45) is 17.8 Å². The number of hydrogen-bond acceptors (Lipinski definition) is 8. The molecule has 2 aromatic heterocycles. The lowest BCUT2D eigenvalue weighted by Crippen LogP contribution is -2.47. The van der Waals surface area contributed by atoms with E-state index in [4.69, 9.17) is 0 Å². The smallest absolute Gasteiger partial charge is 0.356 e. The number of para-hydroxylation sites is 1. The first-order chi connectivity index (χ1) is 16.5. The number of fused-ring (bicyclic) bond motifs is 2. The van der Waals surface area contributed by atoms with Gasteiger partial charge in [-0.25, -0.2) is 18.4 Å². The van der Waals surface area contributed by atoms with E-state index in [-0.39, 0.29) is 45.4 Å². The Balaban J connectivity index is 1.21. The highest BCUT2D eigenvalue weighted by Crippen LogP contribution is 2.54. The molecule has 3 aliphatic rings. The highest BCUT2D eigenvalue weighted by atomic mass is 32.2. The Kier molecular flexibility index (Phi) is 5.09. The molecule has 0 radical (unpaired) electrons. The molecule has 0 bridgehead atoms. The first-order valence-corrected chi connectivity index (χ1v) is 14.1. The molecule has 35 heavy (non-hydrogen) atoms. The van der Waals surface area contributed by atoms with Crippen LogP contribution in [-0.4, -0.2) is 54.8 Å². The van der Waals surface area contributed by atoms with Crippen LogP contribution in [0.25, 0.3) is 10.2 Å². The number of rotatable bonds is 5. The highest BCUT2D eigenvalue weighted by molar-refractivity contribution is 7.93. The van der Waals surface area contributed by atoms with Crippen LogP contribution in [0.1, 0.15) is 24.6 Å². The standard InChI is InChI=1S/C23H24F3N5O2S2/c1-12-7-8-31(12)21-28-19(23(24,25)26)13(2)20(29-21)30-9-14-15(10-30)16(14)11-35(32,33)22-27-17-5-3-4-6-18(17)34-22/h3-6,12,14-16H,7-11H2,1-2H3/t12?,14-,15+,16?. The molecule has 12 heteroatoms. The van der Waals surface area contributed by atoms with Crippen LogP contribution >= 0.6 is 11.3 Å². The Hall–Kier alpha value is -2.47. The Morgan fingerprint density at radius 1 is 1.11 bits per heavy atom. The molecule has 2 saturated heterocycles. The third-order valence-electron chi connectivity index (χ3n) is 7.58. The lowest BCUT2D eigenvalue weighted by atomic mass is 10.1. The number of thiazole rings is 1. The first-order valence-electron chi connectivity index (χ1n) is 11.6. The molecule has 0 spiro atoms. The summed E-state index contributed by atoms with van der Waals surface area (Å²) in [6.45, 7) is 4.99. The van der Waals surface area contributed by atoms with Crippen LogP contribution < -0.4 is 9.80 Å². The molecule has 0 N–H and O–H groups in total. The molecule has 1 aromatic carbocycles. The predicted molar refractivity (Wildman–Crippen MR) is 128 cm³/mol. The molecule has 7 nitrogen and oxygen atoms in total. The second-order valence-electron chi connectivity index (χ2n) is 9.78. The van der Waals surface area contributed by atoms with Gasteiger partial charge in [0.15, 0.2) is 5.69 Å². The fraction of sp³-hybridized carbons (Fsp3) is 0.522. The Labute approximate surface area is 204 Å². The number of alkyl halides is 3. The zero-order chi connectivity index (χ0) is 24.7. The van der Waals surface area contributed by atoms with Crippen molar-refractivity contribution >= 4 is 43.2 Å². The lowest BCUT2D eigenvalue weighted by Gasteiger charge is -2.39. The maximum Gasteiger partial charge on any atom is 0.433 e. The normalized spacial score (nSPS) is 26.2. The summed E-state index contributed by atoms with van der Waals surface area (Å²) >= 11 is 1.18. The molecule has 1 saturated carbocycles. The minimum atomic E-state index is -4.57. The Bertz CT molecular complexity index is 1380. The average Bonchev–Trinajstić information content (AvgIpc) is 3.15. The number of halogens is 3. The molecule has 6 rings (SSSR count). The summed E-state index contributed by atoms with van der Waals surface area (Å²) in [5, 5.41) is 0. The van der Waals surface area contributed by atoms with E-state index in [1.807, 2.05) is 30.0 Å². The number of sulfone groups is 1. The van der Waals surface area contributed by atoms with Crippen molar-refractivity contribution in [3.8, 4) is 0 Å². The maximum atomic E-state index is 13.8. The van der Waals surface area contributed by atoms with Gasteiger partial charge < -0.3 is 9.80 Å². The van der Waals surface area contributed by atoms with Gasteiger partial charge in [0.1, 0.15) is 5.82 Å². The van der Waals surface area contributed by atoms with Crippen molar-refractivity contribution in [2.45, 2.75) is 36.8 Å². The monoisotopic (exact) mass is 523 g/mol. The first kappa shape index (κ1) is 23.0. The Morgan fingerprint density at radius 2 is 1.83 bits per heavy atom. The second-order valence-corrected chi connectivity index (χ2v) is 13.0. The molecule has 2 unspecified atom stereocenters. The van der Waals surface area contributed by atoms with E-state index < -0.39 is 21.7 Å². The number of benzene rings is 1. The summed E-state index contributed by atoms with van der Waals surface area (Å²) in [4.78, 5) is 16.4. The van der Waals surface area contributed by atoms with Crippen LogP contribution in [0.4, 0.5) is 24.9 Å². The highest BCUT2D eigenvalue weighted by Gasteiger charge is 2.58. The van der Waals surface area contributed by atoms with Gasteiger partial charge in [0.2, 0.25) is 20.1 Å². The van der Waals surface area contributed by atoms with Crippen molar-refractivity contribution in [2.75, 3.05) is 35.2 Å². The van der Waals surface area contributed by atoms with Crippen LogP contribution in [0.15, 0.2) is 28.6 Å². The van der Waals surface area contributed by atoms with Gasteiger partial charge in [-0.05, 0) is 50.2 Å². The van der Waals surface area contributed by atoms with Gasteiger partial charge in [0.25, 0.3) is 0 Å². The largest absolute Gasteiger partial charge is 0.433 e. The van der Waals surface area contributed by atoms with Crippen molar-refractivity contribution < 1.29 is 21.6 Å². The number of hydrogen-bond donors (Lipinski definition) is 0. The van der Waals surface area contributed by atoms with Crippen LogP contribution in [-0.2, 0) is 16.0 Å². The maximum absolute atomic E-state index is 13.8. The van der Waals surface area contributed by atoms with Gasteiger partial charge >= 0.3 is 6.18 Å². The minimum Gasteiger partial charge on any atom is -0.356 e. The van der Waals surface area contributed by atoms with Gasteiger partial charge in [-0.3, -0.25) is 0 Å². The molecule has 3 aromatic rings. The molecule has 1 aliphatic carbocycles. The summed E-state index contributed by atoms with van der Waals surface area (Å²) in [5.41, 5.74) is -0.202. The molecule has 2 aliphatic heterocycles. The van der Waals surface area contributed by atoms with Crippen LogP contribution in [0, 0.1) is 24.7 Å². The third kappa shape index (κ3) is 3.85.